The van der Waals surface area contributed by atoms with Crippen molar-refractivity contribution in [3.8, 4) is 0 Å². The summed E-state index contributed by atoms with van der Waals surface area (Å²) in [4.78, 5) is 21.7. The van der Waals surface area contributed by atoms with Crippen molar-refractivity contribution < 1.29 is 23.1 Å². The molecule has 102 valence electrons. The number of carbonyl (C=O) groups is 2. The molecule has 0 radical (unpaired) electrons. The lowest BCUT2D eigenvalue weighted by molar-refractivity contribution is -0.119. The first-order valence-corrected chi connectivity index (χ1v) is 6.99. The first-order valence-electron chi connectivity index (χ1n) is 5.51. The van der Waals surface area contributed by atoms with E-state index >= 15 is 0 Å². The number of aromatic carboxylic acids is 1. The fourth-order valence-electron chi connectivity index (χ4n) is 1.77. The number of benzene rings is 1. The van der Waals surface area contributed by atoms with E-state index in [-0.39, 0.29) is 29.3 Å². The van der Waals surface area contributed by atoms with E-state index in [2.05, 4.69) is 10.0 Å². The van der Waals surface area contributed by atoms with Crippen molar-refractivity contribution in [2.75, 3.05) is 6.54 Å². The highest BCUT2D eigenvalue weighted by Gasteiger charge is 2.27. The number of carboxylic acids is 1. The van der Waals surface area contributed by atoms with Gasteiger partial charge < -0.3 is 10.4 Å². The van der Waals surface area contributed by atoms with Gasteiger partial charge in [0.2, 0.25) is 15.9 Å². The summed E-state index contributed by atoms with van der Waals surface area (Å²) >= 11 is 0. The topological polar surface area (TPSA) is 113 Å². The molecule has 1 amide bonds. The van der Waals surface area contributed by atoms with Gasteiger partial charge in [0.05, 0.1) is 10.5 Å². The number of carboxylic acid groups (broad SMARTS) is 1. The van der Waals surface area contributed by atoms with E-state index in [9.17, 15) is 18.0 Å². The summed E-state index contributed by atoms with van der Waals surface area (Å²) < 4.78 is 26.4. The molecule has 7 nitrogen and oxygen atoms in total. The monoisotopic (exact) mass is 284 g/mol. The molecule has 1 aromatic carbocycles. The number of rotatable bonds is 4. The lowest BCUT2D eigenvalue weighted by atomic mass is 10.2. The number of hydrogen-bond donors (Lipinski definition) is 3. The van der Waals surface area contributed by atoms with Gasteiger partial charge >= 0.3 is 5.97 Å². The smallest absolute Gasteiger partial charge is 0.335 e. The van der Waals surface area contributed by atoms with Crippen LogP contribution in [0.3, 0.4) is 0 Å². The van der Waals surface area contributed by atoms with Gasteiger partial charge in [-0.05, 0) is 18.2 Å². The highest BCUT2D eigenvalue weighted by molar-refractivity contribution is 7.89. The maximum absolute atomic E-state index is 12.0. The minimum atomic E-state index is -3.83. The van der Waals surface area contributed by atoms with Crippen LogP contribution in [0.5, 0.6) is 0 Å². The summed E-state index contributed by atoms with van der Waals surface area (Å²) in [6, 6.07) is 4.54. The fraction of sp³-hybridized carbons (Fsp3) is 0.273. The quantitative estimate of drug-likeness (QED) is 0.693. The third kappa shape index (κ3) is 3.09. The van der Waals surface area contributed by atoms with Crippen molar-refractivity contribution in [3.63, 3.8) is 0 Å². The van der Waals surface area contributed by atoms with Gasteiger partial charge in [0.15, 0.2) is 0 Å². The Bertz CT molecular complexity index is 626. The van der Waals surface area contributed by atoms with Gasteiger partial charge in [-0.25, -0.2) is 17.9 Å². The van der Waals surface area contributed by atoms with Gasteiger partial charge in [0.25, 0.3) is 0 Å². The van der Waals surface area contributed by atoms with Crippen molar-refractivity contribution in [3.05, 3.63) is 29.8 Å². The second-order valence-electron chi connectivity index (χ2n) is 4.16. The number of nitrogens with one attached hydrogen (secondary N) is 2. The third-order valence-electron chi connectivity index (χ3n) is 2.69. The average molecular weight is 284 g/mol. The van der Waals surface area contributed by atoms with Crippen molar-refractivity contribution in [2.24, 2.45) is 0 Å². The molecule has 1 unspecified atom stereocenters. The maximum atomic E-state index is 12.0. The minimum absolute atomic E-state index is 0.0812. The van der Waals surface area contributed by atoms with Crippen LogP contribution in [0, 0.1) is 0 Å². The Labute approximate surface area is 109 Å². The number of carbonyl (C=O) groups excluding carboxylic acids is 1. The van der Waals surface area contributed by atoms with Gasteiger partial charge in [0.1, 0.15) is 0 Å². The Kier molecular flexibility index (Phi) is 3.54. The Morgan fingerprint density at radius 3 is 2.74 bits per heavy atom. The summed E-state index contributed by atoms with van der Waals surface area (Å²) in [6.45, 7) is 0.233. The van der Waals surface area contributed by atoms with Gasteiger partial charge in [-0.2, -0.15) is 0 Å². The molecule has 1 aromatic rings. The number of hydrogen-bond acceptors (Lipinski definition) is 4. The van der Waals surface area contributed by atoms with Gasteiger partial charge in [-0.15, -0.1) is 0 Å². The molecule has 1 aliphatic rings. The molecule has 1 atom stereocenters. The third-order valence-corrected chi connectivity index (χ3v) is 4.21. The normalized spacial score (nSPS) is 19.2. The fourth-order valence-corrected chi connectivity index (χ4v) is 3.05. The zero-order valence-corrected chi connectivity index (χ0v) is 10.6. The van der Waals surface area contributed by atoms with Gasteiger partial charge in [0, 0.05) is 19.0 Å². The lowest BCUT2D eigenvalue weighted by Crippen LogP contribution is -2.36. The SMILES string of the molecule is O=C1CC(NS(=O)(=O)c2cccc(C(=O)O)c2)CN1. The first-order chi connectivity index (χ1) is 8.88. The van der Waals surface area contributed by atoms with Crippen LogP contribution in [0.25, 0.3) is 0 Å². The van der Waals surface area contributed by atoms with Crippen LogP contribution in [0.15, 0.2) is 29.2 Å². The minimum Gasteiger partial charge on any atom is -0.478 e. The largest absolute Gasteiger partial charge is 0.478 e. The van der Waals surface area contributed by atoms with Crippen molar-refractivity contribution in [1.82, 2.24) is 10.0 Å². The first kappa shape index (κ1) is 13.5. The van der Waals surface area contributed by atoms with Gasteiger partial charge in [-0.3, -0.25) is 4.79 Å². The molecule has 1 saturated heterocycles. The Morgan fingerprint density at radius 1 is 1.42 bits per heavy atom. The van der Waals surface area contributed by atoms with Crippen LogP contribution >= 0.6 is 0 Å². The van der Waals surface area contributed by atoms with Crippen LogP contribution < -0.4 is 10.0 Å². The van der Waals surface area contributed by atoms with Crippen LogP contribution in [0.4, 0.5) is 0 Å². The van der Waals surface area contributed by atoms with E-state index < -0.39 is 22.0 Å². The molecule has 0 spiro atoms. The predicted molar refractivity (Wildman–Crippen MR) is 65.1 cm³/mol. The predicted octanol–water partition coefficient (Wildman–Crippen LogP) is -0.448. The Balaban J connectivity index is 2.22. The molecular weight excluding hydrogens is 272 g/mol. The average Bonchev–Trinajstić information content (AvgIpc) is 2.74. The molecule has 1 fully saturated rings. The van der Waals surface area contributed by atoms with Crippen LogP contribution in [-0.2, 0) is 14.8 Å². The molecule has 1 heterocycles. The van der Waals surface area contributed by atoms with Crippen LogP contribution in [0.1, 0.15) is 16.8 Å². The Morgan fingerprint density at radius 2 is 2.16 bits per heavy atom. The van der Waals surface area contributed by atoms with Crippen molar-refractivity contribution in [2.45, 2.75) is 17.4 Å². The van der Waals surface area contributed by atoms with E-state index in [4.69, 9.17) is 5.11 Å². The molecule has 8 heteroatoms. The molecule has 0 aromatic heterocycles. The number of sulfonamides is 1. The zero-order valence-electron chi connectivity index (χ0n) is 9.79. The maximum Gasteiger partial charge on any atom is 0.335 e. The molecule has 1 aliphatic heterocycles. The summed E-state index contributed by atoms with van der Waals surface area (Å²) in [5.74, 6) is -1.42. The summed E-state index contributed by atoms with van der Waals surface area (Å²) in [5.41, 5.74) is -0.108. The van der Waals surface area contributed by atoms with Crippen LogP contribution in [0.2, 0.25) is 0 Å². The van der Waals surface area contributed by atoms with E-state index in [0.29, 0.717) is 0 Å². The highest BCUT2D eigenvalue weighted by atomic mass is 32.2. The summed E-state index contributed by atoms with van der Waals surface area (Å²) in [7, 11) is -3.83. The van der Waals surface area contributed by atoms with Gasteiger partial charge in [-0.1, -0.05) is 6.07 Å². The molecule has 0 saturated carbocycles. The van der Waals surface area contributed by atoms with Crippen LogP contribution in [-0.4, -0.2) is 38.0 Å². The molecular formula is C11H12N2O5S. The second kappa shape index (κ2) is 4.98. The van der Waals surface area contributed by atoms with E-state index in [1.807, 2.05) is 0 Å². The van der Waals surface area contributed by atoms with E-state index in [1.165, 1.54) is 18.2 Å². The Hall–Kier alpha value is -1.93. The number of amides is 1. The van der Waals surface area contributed by atoms with E-state index in [0.717, 1.165) is 6.07 Å². The van der Waals surface area contributed by atoms with Crippen molar-refractivity contribution >= 4 is 21.9 Å². The molecule has 19 heavy (non-hydrogen) atoms. The highest BCUT2D eigenvalue weighted by Crippen LogP contribution is 2.13. The second-order valence-corrected chi connectivity index (χ2v) is 5.87. The molecule has 2 rings (SSSR count). The molecule has 0 aliphatic carbocycles. The summed E-state index contributed by atoms with van der Waals surface area (Å²) in [5, 5.41) is 11.3. The zero-order chi connectivity index (χ0) is 14.0. The molecule has 0 bridgehead atoms. The van der Waals surface area contributed by atoms with Crippen molar-refractivity contribution in [1.29, 1.82) is 0 Å². The lowest BCUT2D eigenvalue weighted by Gasteiger charge is -2.11. The van der Waals surface area contributed by atoms with E-state index in [1.54, 1.807) is 0 Å². The summed E-state index contributed by atoms with van der Waals surface area (Å²) in [6.07, 6.45) is 0.0812. The standard InChI is InChI=1S/C11H12N2O5S/c14-10-5-8(6-12-10)13-19(17,18)9-3-1-2-7(4-9)11(15)16/h1-4,8,13H,5-6H2,(H,12,14)(H,15,16). The molecule has 3 N–H and O–H groups in total.